The largest absolute Gasteiger partial charge is 0.482 e. The second-order valence-electron chi connectivity index (χ2n) is 5.57. The van der Waals surface area contributed by atoms with Crippen LogP contribution in [0.25, 0.3) is 5.82 Å². The maximum absolute atomic E-state index is 12.6. The van der Waals surface area contributed by atoms with Crippen LogP contribution >= 0.6 is 23.2 Å². The second-order valence-corrected chi connectivity index (χ2v) is 6.39. The third-order valence-corrected chi connectivity index (χ3v) is 4.47. The summed E-state index contributed by atoms with van der Waals surface area (Å²) in [5, 5.41) is 0.749. The van der Waals surface area contributed by atoms with Crippen molar-refractivity contribution in [2.75, 3.05) is 6.61 Å². The number of pyridine rings is 1. The third kappa shape index (κ3) is 3.55. The van der Waals surface area contributed by atoms with Crippen molar-refractivity contribution in [3.63, 3.8) is 0 Å². The van der Waals surface area contributed by atoms with Crippen molar-refractivity contribution in [2.45, 2.75) is 13.8 Å². The Hall–Kier alpha value is -2.30. The molecule has 0 N–H and O–H groups in total. The molecule has 0 aliphatic heterocycles. The van der Waals surface area contributed by atoms with Crippen LogP contribution in [0.3, 0.4) is 0 Å². The molecule has 25 heavy (non-hydrogen) atoms. The zero-order chi connectivity index (χ0) is 18.0. The summed E-state index contributed by atoms with van der Waals surface area (Å²) >= 11 is 12.1. The molecule has 3 rings (SSSR count). The van der Waals surface area contributed by atoms with Gasteiger partial charge in [-0.25, -0.2) is 4.98 Å². The summed E-state index contributed by atoms with van der Waals surface area (Å²) in [7, 11) is 0. The van der Waals surface area contributed by atoms with E-state index in [4.69, 9.17) is 27.9 Å². The summed E-state index contributed by atoms with van der Waals surface area (Å²) in [5.74, 6) is 0.940. The molecular formula is C19H16Cl2N2O2. The van der Waals surface area contributed by atoms with Gasteiger partial charge in [0.1, 0.15) is 5.82 Å². The van der Waals surface area contributed by atoms with Gasteiger partial charge in [-0.1, -0.05) is 35.3 Å². The second kappa shape index (κ2) is 7.30. The quantitative estimate of drug-likeness (QED) is 0.586. The van der Waals surface area contributed by atoms with Gasteiger partial charge in [-0.2, -0.15) is 0 Å². The van der Waals surface area contributed by atoms with Gasteiger partial charge in [0.15, 0.2) is 12.4 Å². The lowest BCUT2D eigenvalue weighted by Gasteiger charge is -2.10. The minimum atomic E-state index is -0.147. The van der Waals surface area contributed by atoms with Gasteiger partial charge in [-0.05, 0) is 44.2 Å². The molecule has 0 aliphatic carbocycles. The monoisotopic (exact) mass is 374 g/mol. The number of halogens is 2. The van der Waals surface area contributed by atoms with Crippen LogP contribution in [0.5, 0.6) is 5.75 Å². The first-order chi connectivity index (χ1) is 12.0. The average molecular weight is 375 g/mol. The van der Waals surface area contributed by atoms with Crippen LogP contribution in [0.15, 0.2) is 48.7 Å². The normalized spacial score (nSPS) is 10.7. The van der Waals surface area contributed by atoms with Crippen molar-refractivity contribution in [3.8, 4) is 11.6 Å². The fourth-order valence-corrected chi connectivity index (χ4v) is 3.23. The molecule has 128 valence electrons. The Morgan fingerprint density at radius 2 is 1.84 bits per heavy atom. The number of ether oxygens (including phenoxy) is 1. The molecule has 1 aromatic carbocycles. The van der Waals surface area contributed by atoms with Gasteiger partial charge >= 0.3 is 0 Å². The summed E-state index contributed by atoms with van der Waals surface area (Å²) in [6.45, 7) is 3.68. The molecule has 0 saturated heterocycles. The molecule has 0 spiro atoms. The summed E-state index contributed by atoms with van der Waals surface area (Å²) in [4.78, 5) is 17.0. The zero-order valence-corrected chi connectivity index (χ0v) is 15.3. The number of benzene rings is 1. The number of aromatic nitrogens is 2. The van der Waals surface area contributed by atoms with E-state index in [1.54, 1.807) is 24.4 Å². The van der Waals surface area contributed by atoms with Crippen molar-refractivity contribution < 1.29 is 9.53 Å². The molecule has 4 nitrogen and oxygen atoms in total. The van der Waals surface area contributed by atoms with E-state index in [2.05, 4.69) is 4.98 Å². The lowest BCUT2D eigenvalue weighted by Crippen LogP contribution is -2.13. The lowest BCUT2D eigenvalue weighted by molar-refractivity contribution is 0.0921. The van der Waals surface area contributed by atoms with Crippen LogP contribution in [0, 0.1) is 13.8 Å². The van der Waals surface area contributed by atoms with Crippen LogP contribution in [0.2, 0.25) is 10.0 Å². The summed E-state index contributed by atoms with van der Waals surface area (Å²) in [6.07, 6.45) is 1.72. The predicted molar refractivity (Wildman–Crippen MR) is 99.3 cm³/mol. The van der Waals surface area contributed by atoms with Crippen molar-refractivity contribution in [1.29, 1.82) is 0 Å². The standard InChI is InChI=1S/C19H16Cl2N2O2/c1-12-10-14(13(2)23(12)18-8-3-4-9-22-18)17(24)11-25-19-15(20)6-5-7-16(19)21/h3-10H,11H2,1-2H3. The fraction of sp³-hybridized carbons (Fsp3) is 0.158. The van der Waals surface area contributed by atoms with Crippen molar-refractivity contribution in [2.24, 2.45) is 0 Å². The smallest absolute Gasteiger partial charge is 0.202 e. The maximum atomic E-state index is 12.6. The first kappa shape index (κ1) is 17.5. The van der Waals surface area contributed by atoms with E-state index in [1.807, 2.05) is 42.7 Å². The van der Waals surface area contributed by atoms with E-state index in [1.165, 1.54) is 0 Å². The number of rotatable bonds is 5. The Bertz CT molecular complexity index is 900. The van der Waals surface area contributed by atoms with E-state index in [0.29, 0.717) is 21.4 Å². The van der Waals surface area contributed by atoms with Crippen molar-refractivity contribution in [3.05, 3.63) is 75.7 Å². The highest BCUT2D eigenvalue weighted by Gasteiger charge is 2.18. The Morgan fingerprint density at radius 3 is 2.48 bits per heavy atom. The number of para-hydroxylation sites is 1. The zero-order valence-electron chi connectivity index (χ0n) is 13.8. The molecule has 3 aromatic rings. The minimum Gasteiger partial charge on any atom is -0.482 e. The molecule has 0 bridgehead atoms. The molecule has 0 atom stereocenters. The van der Waals surface area contributed by atoms with Gasteiger partial charge in [-0.3, -0.25) is 4.79 Å². The van der Waals surface area contributed by atoms with Crippen LogP contribution in [0.1, 0.15) is 21.7 Å². The molecule has 2 heterocycles. The maximum Gasteiger partial charge on any atom is 0.202 e. The van der Waals surface area contributed by atoms with Crippen LogP contribution in [-0.2, 0) is 0 Å². The molecule has 0 saturated carbocycles. The van der Waals surface area contributed by atoms with E-state index >= 15 is 0 Å². The van der Waals surface area contributed by atoms with Gasteiger partial charge in [0.05, 0.1) is 10.0 Å². The van der Waals surface area contributed by atoms with Crippen LogP contribution in [0.4, 0.5) is 0 Å². The molecule has 2 aromatic heterocycles. The van der Waals surface area contributed by atoms with Gasteiger partial charge in [0, 0.05) is 23.1 Å². The average Bonchev–Trinajstić information content (AvgIpc) is 2.89. The Labute approximate surface area is 156 Å². The predicted octanol–water partition coefficient (Wildman–Crippen LogP) is 5.06. The fourth-order valence-electron chi connectivity index (χ4n) is 2.72. The topological polar surface area (TPSA) is 44.1 Å². The van der Waals surface area contributed by atoms with Crippen molar-refractivity contribution >= 4 is 29.0 Å². The lowest BCUT2D eigenvalue weighted by atomic mass is 10.1. The first-order valence-electron chi connectivity index (χ1n) is 7.69. The van der Waals surface area contributed by atoms with Gasteiger partial charge < -0.3 is 9.30 Å². The van der Waals surface area contributed by atoms with Gasteiger partial charge in [0.25, 0.3) is 0 Å². The number of hydrogen-bond acceptors (Lipinski definition) is 3. The molecule has 0 unspecified atom stereocenters. The molecular weight excluding hydrogens is 359 g/mol. The number of ketones is 1. The van der Waals surface area contributed by atoms with Gasteiger partial charge in [0.2, 0.25) is 5.78 Å². The SMILES string of the molecule is Cc1cc(C(=O)COc2c(Cl)cccc2Cl)c(C)n1-c1ccccn1. The highest BCUT2D eigenvalue weighted by molar-refractivity contribution is 6.37. The first-order valence-corrected chi connectivity index (χ1v) is 8.45. The number of aryl methyl sites for hydroxylation is 1. The van der Waals surface area contributed by atoms with E-state index < -0.39 is 0 Å². The number of hydrogen-bond donors (Lipinski definition) is 0. The van der Waals surface area contributed by atoms with E-state index in [9.17, 15) is 4.79 Å². The van der Waals surface area contributed by atoms with Crippen LogP contribution < -0.4 is 4.74 Å². The number of carbonyl (C=O) groups is 1. The summed E-state index contributed by atoms with van der Waals surface area (Å²) in [6, 6.07) is 12.6. The van der Waals surface area contributed by atoms with E-state index in [-0.39, 0.29) is 12.4 Å². The molecule has 6 heteroatoms. The minimum absolute atomic E-state index is 0.143. The van der Waals surface area contributed by atoms with E-state index in [0.717, 1.165) is 17.2 Å². The molecule has 0 fully saturated rings. The van der Waals surface area contributed by atoms with Gasteiger partial charge in [-0.15, -0.1) is 0 Å². The Kier molecular flexibility index (Phi) is 5.11. The number of Topliss-reactive ketones (excluding diaryl/α,β-unsaturated/α-hetero) is 1. The molecule has 0 aliphatic rings. The highest BCUT2D eigenvalue weighted by atomic mass is 35.5. The summed E-state index contributed by atoms with van der Waals surface area (Å²) in [5.41, 5.74) is 2.33. The van der Waals surface area contributed by atoms with Crippen LogP contribution in [-0.4, -0.2) is 21.9 Å². The highest BCUT2D eigenvalue weighted by Crippen LogP contribution is 2.32. The van der Waals surface area contributed by atoms with Crippen molar-refractivity contribution in [1.82, 2.24) is 9.55 Å². The molecule has 0 radical (unpaired) electrons. The summed E-state index contributed by atoms with van der Waals surface area (Å²) < 4.78 is 7.50. The third-order valence-electron chi connectivity index (χ3n) is 3.88. The number of nitrogens with zero attached hydrogens (tertiary/aromatic N) is 2. The Balaban J connectivity index is 1.84. The Morgan fingerprint density at radius 1 is 1.12 bits per heavy atom. The molecule has 0 amide bonds. The number of carbonyl (C=O) groups excluding carboxylic acids is 1.